The van der Waals surface area contributed by atoms with Gasteiger partial charge in [-0.05, 0) is 61.9 Å². The van der Waals surface area contributed by atoms with Gasteiger partial charge in [0.05, 0.1) is 26.2 Å². The molecule has 0 spiro atoms. The minimum absolute atomic E-state index is 0.105. The number of quaternary nitrogens is 1. The smallest absolute Gasteiger partial charge is 0.251 e. The average Bonchev–Trinajstić information content (AvgIpc) is 2.71. The maximum Gasteiger partial charge on any atom is 0.251 e. The van der Waals surface area contributed by atoms with Crippen molar-refractivity contribution in [3.63, 3.8) is 0 Å². The van der Waals surface area contributed by atoms with E-state index in [9.17, 15) is 9.59 Å². The highest BCUT2D eigenvalue weighted by molar-refractivity contribution is 6.30. The van der Waals surface area contributed by atoms with Gasteiger partial charge in [-0.25, -0.2) is 0 Å². The van der Waals surface area contributed by atoms with Crippen molar-refractivity contribution in [3.8, 4) is 0 Å². The molecule has 5 nitrogen and oxygen atoms in total. The van der Waals surface area contributed by atoms with Gasteiger partial charge in [-0.1, -0.05) is 23.7 Å². The molecule has 3 N–H and O–H groups in total. The summed E-state index contributed by atoms with van der Waals surface area (Å²) in [5, 5.41) is 6.36. The Bertz CT molecular complexity index is 798. The molecule has 0 bridgehead atoms. The molecule has 0 aromatic heterocycles. The zero-order valence-corrected chi connectivity index (χ0v) is 17.1. The normalized spacial score (nSPS) is 11.0. The number of nitrogens with one attached hydrogen (secondary N) is 3. The lowest BCUT2D eigenvalue weighted by Gasteiger charge is -2.15. The first-order valence-corrected chi connectivity index (χ1v) is 9.86. The fourth-order valence-corrected chi connectivity index (χ4v) is 2.82. The number of amides is 2. The molecule has 0 saturated heterocycles. The summed E-state index contributed by atoms with van der Waals surface area (Å²) in [4.78, 5) is 25.7. The van der Waals surface area contributed by atoms with Crippen LogP contribution < -0.4 is 15.5 Å². The van der Waals surface area contributed by atoms with Crippen molar-refractivity contribution < 1.29 is 14.5 Å². The highest BCUT2D eigenvalue weighted by atomic mass is 35.5. The molecule has 0 unspecified atom stereocenters. The van der Waals surface area contributed by atoms with Crippen LogP contribution >= 0.6 is 11.6 Å². The van der Waals surface area contributed by atoms with E-state index in [-0.39, 0.29) is 11.8 Å². The molecular weight excluding hydrogens is 374 g/mol. The first kappa shape index (κ1) is 21.7. The van der Waals surface area contributed by atoms with Gasteiger partial charge in [0.1, 0.15) is 0 Å². The molecule has 2 aromatic rings. The molecule has 0 radical (unpaired) electrons. The molecule has 0 aliphatic rings. The van der Waals surface area contributed by atoms with Crippen LogP contribution in [0.2, 0.25) is 5.02 Å². The first-order chi connectivity index (χ1) is 13.5. The van der Waals surface area contributed by atoms with Crippen molar-refractivity contribution in [2.75, 3.05) is 31.5 Å². The predicted octanol–water partition coefficient (Wildman–Crippen LogP) is 2.65. The second kappa shape index (κ2) is 11.3. The Hall–Kier alpha value is -2.63. The average molecular weight is 401 g/mol. The third kappa shape index (κ3) is 7.18. The third-order valence-corrected chi connectivity index (χ3v) is 4.73. The van der Waals surface area contributed by atoms with Crippen LogP contribution in [0.4, 0.5) is 5.69 Å². The van der Waals surface area contributed by atoms with E-state index in [0.717, 1.165) is 25.2 Å². The molecule has 148 valence electrons. The Balaban J connectivity index is 1.83. The molecule has 0 fully saturated rings. The van der Waals surface area contributed by atoms with Crippen molar-refractivity contribution in [2.24, 2.45) is 0 Å². The summed E-state index contributed by atoms with van der Waals surface area (Å²) in [5.74, 6) is -0.346. The van der Waals surface area contributed by atoms with Crippen LogP contribution in [-0.4, -0.2) is 38.0 Å². The highest BCUT2D eigenvalue weighted by Gasteiger charge is 2.07. The van der Waals surface area contributed by atoms with Gasteiger partial charge in [0.25, 0.3) is 5.91 Å². The monoisotopic (exact) mass is 400 g/mol. The number of benzene rings is 2. The Morgan fingerprint density at radius 3 is 2.25 bits per heavy atom. The van der Waals surface area contributed by atoms with E-state index < -0.39 is 0 Å². The minimum atomic E-state index is -0.241. The molecule has 2 amide bonds. The van der Waals surface area contributed by atoms with Crippen molar-refractivity contribution in [2.45, 2.75) is 13.8 Å². The van der Waals surface area contributed by atoms with Gasteiger partial charge in [0.2, 0.25) is 5.91 Å². The lowest BCUT2D eigenvalue weighted by molar-refractivity contribution is -0.895. The fourth-order valence-electron chi connectivity index (χ4n) is 2.69. The van der Waals surface area contributed by atoms with Crippen molar-refractivity contribution in [1.82, 2.24) is 5.32 Å². The van der Waals surface area contributed by atoms with Gasteiger partial charge in [-0.2, -0.15) is 0 Å². The van der Waals surface area contributed by atoms with Crippen LogP contribution in [0.15, 0.2) is 54.6 Å². The lowest BCUT2D eigenvalue weighted by Crippen LogP contribution is -3.12. The minimum Gasteiger partial charge on any atom is -0.346 e. The maximum atomic E-state index is 12.2. The molecule has 0 aliphatic carbocycles. The zero-order valence-electron chi connectivity index (χ0n) is 16.3. The number of anilines is 1. The summed E-state index contributed by atoms with van der Waals surface area (Å²) in [6, 6.07) is 14.1. The number of hydrogen-bond donors (Lipinski definition) is 3. The van der Waals surface area contributed by atoms with Crippen molar-refractivity contribution in [3.05, 3.63) is 70.8 Å². The van der Waals surface area contributed by atoms with Gasteiger partial charge in [-0.3, -0.25) is 9.59 Å². The summed E-state index contributed by atoms with van der Waals surface area (Å²) >= 11 is 5.84. The summed E-state index contributed by atoms with van der Waals surface area (Å²) in [5.41, 5.74) is 2.09. The van der Waals surface area contributed by atoms with E-state index in [4.69, 9.17) is 11.6 Å². The van der Waals surface area contributed by atoms with E-state index in [2.05, 4.69) is 24.5 Å². The third-order valence-electron chi connectivity index (χ3n) is 4.48. The molecule has 0 atom stereocenters. The second-order valence-corrected chi connectivity index (χ2v) is 6.85. The topological polar surface area (TPSA) is 62.6 Å². The Morgan fingerprint density at radius 1 is 1.00 bits per heavy atom. The van der Waals surface area contributed by atoms with Crippen molar-refractivity contribution in [1.29, 1.82) is 0 Å². The number of hydrogen-bond acceptors (Lipinski definition) is 2. The summed E-state index contributed by atoms with van der Waals surface area (Å²) in [6.45, 7) is 7.92. The predicted molar refractivity (Wildman–Crippen MR) is 115 cm³/mol. The largest absolute Gasteiger partial charge is 0.346 e. The van der Waals surface area contributed by atoms with Gasteiger partial charge in [-0.15, -0.1) is 0 Å². The molecule has 0 aliphatic heterocycles. The summed E-state index contributed by atoms with van der Waals surface area (Å²) < 4.78 is 0. The summed E-state index contributed by atoms with van der Waals surface area (Å²) in [6.07, 6.45) is 3.17. The summed E-state index contributed by atoms with van der Waals surface area (Å²) in [7, 11) is 0. The van der Waals surface area contributed by atoms with Crippen LogP contribution in [0.5, 0.6) is 0 Å². The Kier molecular flexibility index (Phi) is 8.72. The standard InChI is InChI=1S/C22H26ClN3O2/c1-3-26(4-2)16-15-24-22(28)18-8-12-20(13-9-18)25-21(27)14-7-17-5-10-19(23)11-6-17/h5-14H,3-4,15-16H2,1-2H3,(H,24,28)(H,25,27)/p+1/b14-7+. The van der Waals surface area contributed by atoms with Gasteiger partial charge < -0.3 is 15.5 Å². The molecule has 2 aromatic carbocycles. The molecular formula is C22H27ClN3O2+. The van der Waals surface area contributed by atoms with E-state index in [1.807, 2.05) is 12.1 Å². The number of likely N-dealkylation sites (N-methyl/N-ethyl adjacent to an activating group) is 1. The number of rotatable bonds is 9. The van der Waals surface area contributed by atoms with Crippen LogP contribution in [-0.2, 0) is 4.79 Å². The van der Waals surface area contributed by atoms with Crippen LogP contribution in [0.25, 0.3) is 6.08 Å². The number of halogens is 1. The highest BCUT2D eigenvalue weighted by Crippen LogP contribution is 2.12. The zero-order chi connectivity index (χ0) is 20.4. The lowest BCUT2D eigenvalue weighted by atomic mass is 10.2. The Labute approximate surface area is 171 Å². The van der Waals surface area contributed by atoms with E-state index in [1.165, 1.54) is 11.0 Å². The first-order valence-electron chi connectivity index (χ1n) is 9.48. The quantitative estimate of drug-likeness (QED) is 0.567. The van der Waals surface area contributed by atoms with E-state index in [0.29, 0.717) is 22.8 Å². The number of carbonyl (C=O) groups excluding carboxylic acids is 2. The molecule has 0 heterocycles. The van der Waals surface area contributed by atoms with Gasteiger partial charge in [0.15, 0.2) is 0 Å². The van der Waals surface area contributed by atoms with Gasteiger partial charge >= 0.3 is 0 Å². The van der Waals surface area contributed by atoms with E-state index >= 15 is 0 Å². The SMILES string of the molecule is CC[NH+](CC)CCNC(=O)c1ccc(NC(=O)/C=C/c2ccc(Cl)cc2)cc1. The van der Waals surface area contributed by atoms with Crippen LogP contribution in [0.3, 0.4) is 0 Å². The maximum absolute atomic E-state index is 12.2. The van der Waals surface area contributed by atoms with Crippen LogP contribution in [0, 0.1) is 0 Å². The van der Waals surface area contributed by atoms with Crippen molar-refractivity contribution >= 4 is 35.2 Å². The fraction of sp³-hybridized carbons (Fsp3) is 0.273. The van der Waals surface area contributed by atoms with E-state index in [1.54, 1.807) is 42.5 Å². The van der Waals surface area contributed by atoms with Gasteiger partial charge in [0, 0.05) is 22.3 Å². The number of carbonyl (C=O) groups is 2. The molecule has 6 heteroatoms. The Morgan fingerprint density at radius 2 is 1.64 bits per heavy atom. The molecule has 28 heavy (non-hydrogen) atoms. The van der Waals surface area contributed by atoms with Crippen LogP contribution in [0.1, 0.15) is 29.8 Å². The molecule has 2 rings (SSSR count). The molecule has 0 saturated carbocycles. The second-order valence-electron chi connectivity index (χ2n) is 6.41.